The number of carbonyl (C=O) groups is 2. The van der Waals surface area contributed by atoms with E-state index in [1.54, 1.807) is 13.0 Å². The van der Waals surface area contributed by atoms with Gasteiger partial charge in [0.2, 0.25) is 0 Å². The van der Waals surface area contributed by atoms with E-state index in [9.17, 15) is 41.0 Å². The third-order valence-corrected chi connectivity index (χ3v) is 9.76. The minimum Gasteiger partial charge on any atom is -0.496 e. The van der Waals surface area contributed by atoms with Crippen LogP contribution in [0.25, 0.3) is 5.57 Å². The minimum absolute atomic E-state index is 0.0484. The molecule has 46 heavy (non-hydrogen) atoms. The summed E-state index contributed by atoms with van der Waals surface area (Å²) >= 11 is 0. The summed E-state index contributed by atoms with van der Waals surface area (Å²) in [5.41, 5.74) is -0.905. The third-order valence-electron chi connectivity index (χ3n) is 9.76. The SMILES string of the molecule is COc1ccc(CC2(C(=O)O)CCC2)cc1C1=C(CN2C(=O)OC(c3cc(C(F)(F)F)cc(C(F)(F)F)c3)C2C)CC(C)(C)CC1. The van der Waals surface area contributed by atoms with Gasteiger partial charge in [0, 0.05) is 12.1 Å². The molecule has 2 aromatic rings. The predicted molar refractivity (Wildman–Crippen MR) is 157 cm³/mol. The number of cyclic esters (lactones) is 1. The molecular formula is C34H37F6NO5. The molecule has 1 N–H and O–H groups in total. The average molecular weight is 654 g/mol. The molecule has 2 aliphatic carbocycles. The van der Waals surface area contributed by atoms with Gasteiger partial charge in [-0.25, -0.2) is 4.79 Å². The maximum Gasteiger partial charge on any atom is 0.416 e. The molecule has 2 fully saturated rings. The summed E-state index contributed by atoms with van der Waals surface area (Å²) in [6.07, 6.45) is -7.87. The lowest BCUT2D eigenvalue weighted by Crippen LogP contribution is -2.39. The van der Waals surface area contributed by atoms with E-state index >= 15 is 0 Å². The van der Waals surface area contributed by atoms with Crippen molar-refractivity contribution in [3.8, 4) is 5.75 Å². The van der Waals surface area contributed by atoms with Gasteiger partial charge in [-0.2, -0.15) is 26.3 Å². The molecule has 12 heteroatoms. The van der Waals surface area contributed by atoms with Crippen LogP contribution in [0.3, 0.4) is 0 Å². The Morgan fingerprint density at radius 3 is 2.17 bits per heavy atom. The molecule has 250 valence electrons. The van der Waals surface area contributed by atoms with E-state index in [2.05, 4.69) is 13.8 Å². The zero-order chi connectivity index (χ0) is 33.8. The Morgan fingerprint density at radius 2 is 1.65 bits per heavy atom. The molecule has 1 saturated heterocycles. The average Bonchev–Trinajstić information content (AvgIpc) is 3.21. The van der Waals surface area contributed by atoms with E-state index in [1.165, 1.54) is 12.0 Å². The first-order valence-electron chi connectivity index (χ1n) is 15.2. The summed E-state index contributed by atoms with van der Waals surface area (Å²) in [5.74, 6) is -0.248. The van der Waals surface area contributed by atoms with Gasteiger partial charge in [0.25, 0.3) is 0 Å². The van der Waals surface area contributed by atoms with Gasteiger partial charge in [0.15, 0.2) is 0 Å². The number of allylic oxidation sites excluding steroid dienone is 1. The quantitative estimate of drug-likeness (QED) is 0.288. The van der Waals surface area contributed by atoms with Gasteiger partial charge in [0.05, 0.1) is 29.7 Å². The van der Waals surface area contributed by atoms with E-state index in [0.29, 0.717) is 50.0 Å². The lowest BCUT2D eigenvalue weighted by Gasteiger charge is -2.38. The smallest absolute Gasteiger partial charge is 0.416 e. The summed E-state index contributed by atoms with van der Waals surface area (Å²) < 4.78 is 92.6. The van der Waals surface area contributed by atoms with Gasteiger partial charge >= 0.3 is 24.4 Å². The Hall–Kier alpha value is -3.70. The van der Waals surface area contributed by atoms with Gasteiger partial charge in [-0.3, -0.25) is 9.69 Å². The third kappa shape index (κ3) is 6.57. The maximum absolute atomic E-state index is 13.6. The van der Waals surface area contributed by atoms with Crippen LogP contribution in [0.5, 0.6) is 5.75 Å². The van der Waals surface area contributed by atoms with Crippen LogP contribution < -0.4 is 4.74 Å². The number of amides is 1. The Bertz CT molecular complexity index is 1520. The normalized spacial score (nSPS) is 22.8. The zero-order valence-electron chi connectivity index (χ0n) is 26.1. The molecule has 3 aliphatic rings. The number of halogens is 6. The van der Waals surface area contributed by atoms with Crippen molar-refractivity contribution in [2.75, 3.05) is 13.7 Å². The van der Waals surface area contributed by atoms with Crippen molar-refractivity contribution < 1.29 is 50.5 Å². The van der Waals surface area contributed by atoms with Gasteiger partial charge < -0.3 is 14.6 Å². The first-order valence-corrected chi connectivity index (χ1v) is 15.2. The van der Waals surface area contributed by atoms with E-state index in [4.69, 9.17) is 9.47 Å². The molecule has 0 spiro atoms. The van der Waals surface area contributed by atoms with Crippen molar-refractivity contribution in [3.05, 3.63) is 69.8 Å². The number of carboxylic acids is 1. The lowest BCUT2D eigenvalue weighted by atomic mass is 9.65. The summed E-state index contributed by atoms with van der Waals surface area (Å²) in [6, 6.07) is 5.97. The van der Waals surface area contributed by atoms with E-state index < -0.39 is 53.1 Å². The highest BCUT2D eigenvalue weighted by atomic mass is 19.4. The lowest BCUT2D eigenvalue weighted by molar-refractivity contribution is -0.154. The van der Waals surface area contributed by atoms with Crippen LogP contribution >= 0.6 is 0 Å². The van der Waals surface area contributed by atoms with Crippen LogP contribution in [0.2, 0.25) is 0 Å². The number of methoxy groups -OCH3 is 1. The predicted octanol–water partition coefficient (Wildman–Crippen LogP) is 9.08. The number of rotatable bonds is 8. The van der Waals surface area contributed by atoms with Crippen LogP contribution in [-0.2, 0) is 28.3 Å². The number of hydrogen-bond donors (Lipinski definition) is 1. The van der Waals surface area contributed by atoms with Crippen molar-refractivity contribution in [2.24, 2.45) is 10.8 Å². The number of nitrogens with zero attached hydrogens (tertiary/aromatic N) is 1. The first kappa shape index (κ1) is 33.7. The van der Waals surface area contributed by atoms with Crippen molar-refractivity contribution in [1.82, 2.24) is 4.90 Å². The Labute approximate surface area is 263 Å². The topological polar surface area (TPSA) is 76.1 Å². The second-order valence-electron chi connectivity index (χ2n) is 13.6. The van der Waals surface area contributed by atoms with Crippen LogP contribution in [0, 0.1) is 10.8 Å². The number of alkyl halides is 6. The fraction of sp³-hybridized carbons (Fsp3) is 0.529. The highest BCUT2D eigenvalue weighted by Gasteiger charge is 2.46. The molecule has 1 amide bonds. The van der Waals surface area contributed by atoms with E-state index in [0.717, 1.165) is 35.1 Å². The number of hydrogen-bond acceptors (Lipinski definition) is 4. The maximum atomic E-state index is 13.6. The van der Waals surface area contributed by atoms with Gasteiger partial charge in [0.1, 0.15) is 11.9 Å². The van der Waals surface area contributed by atoms with Gasteiger partial charge in [-0.15, -0.1) is 0 Å². The molecule has 1 aliphatic heterocycles. The summed E-state index contributed by atoms with van der Waals surface area (Å²) in [5, 5.41) is 9.89. The van der Waals surface area contributed by atoms with Gasteiger partial charge in [-0.1, -0.05) is 26.3 Å². The van der Waals surface area contributed by atoms with Crippen molar-refractivity contribution in [3.63, 3.8) is 0 Å². The number of benzene rings is 2. The molecule has 6 nitrogen and oxygen atoms in total. The van der Waals surface area contributed by atoms with Crippen molar-refractivity contribution in [2.45, 2.75) is 90.2 Å². The number of carbonyl (C=O) groups excluding carboxylic acids is 1. The van der Waals surface area contributed by atoms with Crippen LogP contribution in [0.1, 0.15) is 93.2 Å². The molecule has 2 atom stereocenters. The molecular weight excluding hydrogens is 616 g/mol. The van der Waals surface area contributed by atoms with Gasteiger partial charge in [-0.05, 0) is 103 Å². The van der Waals surface area contributed by atoms with E-state index in [-0.39, 0.29) is 23.6 Å². The molecule has 0 aromatic heterocycles. The monoisotopic (exact) mass is 653 g/mol. The summed E-state index contributed by atoms with van der Waals surface area (Å²) in [7, 11) is 1.53. The second kappa shape index (κ2) is 11.8. The van der Waals surface area contributed by atoms with Crippen LogP contribution in [0.4, 0.5) is 31.1 Å². The number of ether oxygens (including phenoxy) is 2. The number of aliphatic carboxylic acids is 1. The summed E-state index contributed by atoms with van der Waals surface area (Å²) in [6.45, 7) is 5.76. The fourth-order valence-corrected chi connectivity index (χ4v) is 6.96. The van der Waals surface area contributed by atoms with Crippen molar-refractivity contribution in [1.29, 1.82) is 0 Å². The molecule has 5 rings (SSSR count). The second-order valence-corrected chi connectivity index (χ2v) is 13.6. The highest BCUT2D eigenvalue weighted by molar-refractivity contribution is 5.78. The molecule has 0 radical (unpaired) electrons. The fourth-order valence-electron chi connectivity index (χ4n) is 6.96. The standard InChI is InChI=1S/C34H37F6NO5/c1-19-28(21-13-23(33(35,36)37)15-24(14-21)34(38,39)40)46-30(44)41(19)18-22-17-31(2,3)11-8-25(22)26-12-20(6-7-27(26)45-4)16-32(29(42)43)9-5-10-32/h6-7,12-15,19,28H,5,8-11,16-18H2,1-4H3,(H,42,43). The Morgan fingerprint density at radius 1 is 1.02 bits per heavy atom. The molecule has 2 aromatic carbocycles. The zero-order valence-corrected chi connectivity index (χ0v) is 26.1. The minimum atomic E-state index is -5.04. The molecule has 0 bridgehead atoms. The van der Waals surface area contributed by atoms with E-state index in [1.807, 2.05) is 12.1 Å². The largest absolute Gasteiger partial charge is 0.496 e. The van der Waals surface area contributed by atoms with Crippen molar-refractivity contribution >= 4 is 17.6 Å². The molecule has 1 saturated carbocycles. The highest BCUT2D eigenvalue weighted by Crippen LogP contribution is 2.48. The number of carboxylic acid groups (broad SMARTS) is 1. The Kier molecular flexibility index (Phi) is 8.66. The Balaban J connectivity index is 1.51. The van der Waals surface area contributed by atoms with Crippen LogP contribution in [0.15, 0.2) is 42.0 Å². The molecule has 2 unspecified atom stereocenters. The summed E-state index contributed by atoms with van der Waals surface area (Å²) in [4.78, 5) is 26.6. The molecule has 1 heterocycles. The first-order chi connectivity index (χ1) is 21.3. The van der Waals surface area contributed by atoms with Crippen LogP contribution in [-0.4, -0.2) is 41.8 Å².